The number of aliphatic hydroxyl groups excluding tert-OH is 1. The molecule has 1 N–H and O–H groups in total. The second-order valence-corrected chi connectivity index (χ2v) is 9.74. The molecule has 1 aliphatic rings. The third kappa shape index (κ3) is 6.79. The Bertz CT molecular complexity index is 955. The third-order valence-corrected chi connectivity index (χ3v) is 7.06. The van der Waals surface area contributed by atoms with Crippen LogP contribution in [0.5, 0.6) is 5.75 Å². The number of thiophene rings is 1. The van der Waals surface area contributed by atoms with Gasteiger partial charge in [-0.05, 0) is 61.7 Å². The molecule has 0 radical (unpaired) electrons. The fraction of sp³-hybridized carbons (Fsp3) is 0.444. The van der Waals surface area contributed by atoms with E-state index in [0.717, 1.165) is 24.2 Å². The first-order valence-corrected chi connectivity index (χ1v) is 12.5. The number of fused-ring (bicyclic) bond motifs is 1. The van der Waals surface area contributed by atoms with Gasteiger partial charge in [0.25, 0.3) is 0 Å². The number of nitrogens with zero attached hydrogens (tertiary/aromatic N) is 2. The van der Waals surface area contributed by atoms with E-state index in [1.165, 1.54) is 16.0 Å². The lowest BCUT2D eigenvalue weighted by Gasteiger charge is -2.37. The van der Waals surface area contributed by atoms with Crippen molar-refractivity contribution in [3.63, 3.8) is 0 Å². The molecule has 0 fully saturated rings. The zero-order valence-corrected chi connectivity index (χ0v) is 20.7. The minimum Gasteiger partial charge on any atom is -0.491 e. The molecular weight excluding hydrogens is 432 g/mol. The molecule has 2 atom stereocenters. The van der Waals surface area contributed by atoms with Gasteiger partial charge in [0.2, 0.25) is 5.91 Å². The Morgan fingerprint density at radius 1 is 1.33 bits per heavy atom. The third-order valence-electron chi connectivity index (χ3n) is 6.06. The number of ether oxygens (including phenoxy) is 1. The number of hydrogen-bond donors (Lipinski definition) is 1. The number of aryl methyl sites for hydroxylation is 2. The molecule has 1 amide bonds. The lowest BCUT2D eigenvalue weighted by atomic mass is 10.00. The normalized spacial score (nSPS) is 16.4. The lowest BCUT2D eigenvalue weighted by Crippen LogP contribution is -2.47. The standard InChI is InChI=1S/C27H36N2O3S/c1-5-7-8-22(30)17-28(13-6-2)18-27(31)29-14-11-26-23(12-15-33-26)24(29)19-32-25-10-9-20(3)16-21(25)4/h5-6,9-10,12,15-16,22,24,30H,1-2,7-8,11,13-14,17-19H2,3-4H3/t22-,24-/m1/s1. The molecule has 1 aliphatic heterocycles. The first kappa shape index (κ1) is 25.2. The Hall–Kier alpha value is -2.41. The van der Waals surface area contributed by atoms with Crippen LogP contribution in [0.4, 0.5) is 0 Å². The molecule has 6 heteroatoms. The molecule has 0 aliphatic carbocycles. The van der Waals surface area contributed by atoms with E-state index in [-0.39, 0.29) is 18.5 Å². The van der Waals surface area contributed by atoms with Crippen molar-refractivity contribution in [2.75, 3.05) is 32.8 Å². The predicted octanol–water partition coefficient (Wildman–Crippen LogP) is 4.68. The van der Waals surface area contributed by atoms with Crippen molar-refractivity contribution < 1.29 is 14.6 Å². The van der Waals surface area contributed by atoms with E-state index in [4.69, 9.17) is 4.74 Å². The number of aliphatic hydroxyl groups is 1. The highest BCUT2D eigenvalue weighted by Gasteiger charge is 2.33. The molecule has 0 spiro atoms. The topological polar surface area (TPSA) is 53.0 Å². The Labute approximate surface area is 202 Å². The van der Waals surface area contributed by atoms with Crippen LogP contribution in [0.2, 0.25) is 0 Å². The van der Waals surface area contributed by atoms with Crippen molar-refractivity contribution in [2.24, 2.45) is 0 Å². The Kier molecular flexibility index (Phi) is 9.30. The quantitative estimate of drug-likeness (QED) is 0.460. The zero-order chi connectivity index (χ0) is 23.8. The SMILES string of the molecule is C=CCC[C@@H](O)CN(CC=C)CC(=O)N1CCc2sccc2[C@H]1COc1ccc(C)cc1C. The van der Waals surface area contributed by atoms with Gasteiger partial charge in [-0.1, -0.05) is 29.8 Å². The minimum absolute atomic E-state index is 0.0545. The Balaban J connectivity index is 1.72. The summed E-state index contributed by atoms with van der Waals surface area (Å²) in [7, 11) is 0. The van der Waals surface area contributed by atoms with Crippen molar-refractivity contribution in [1.29, 1.82) is 0 Å². The average molecular weight is 469 g/mol. The van der Waals surface area contributed by atoms with E-state index in [1.807, 2.05) is 28.9 Å². The smallest absolute Gasteiger partial charge is 0.237 e. The van der Waals surface area contributed by atoms with Crippen LogP contribution in [0.1, 0.15) is 40.5 Å². The second kappa shape index (κ2) is 12.2. The van der Waals surface area contributed by atoms with E-state index in [1.54, 1.807) is 23.5 Å². The summed E-state index contributed by atoms with van der Waals surface area (Å²) >= 11 is 1.75. The number of benzene rings is 1. The van der Waals surface area contributed by atoms with Crippen molar-refractivity contribution in [3.05, 3.63) is 76.5 Å². The molecule has 178 valence electrons. The number of allylic oxidation sites excluding steroid dienone is 1. The van der Waals surface area contributed by atoms with Crippen molar-refractivity contribution in [3.8, 4) is 5.75 Å². The first-order valence-electron chi connectivity index (χ1n) is 11.6. The van der Waals surface area contributed by atoms with Crippen LogP contribution in [0.15, 0.2) is 55.0 Å². The second-order valence-electron chi connectivity index (χ2n) is 8.73. The summed E-state index contributed by atoms with van der Waals surface area (Å²) in [5, 5.41) is 12.4. The molecule has 0 saturated heterocycles. The summed E-state index contributed by atoms with van der Waals surface area (Å²) in [5.41, 5.74) is 3.48. The fourth-order valence-corrected chi connectivity index (χ4v) is 5.30. The highest BCUT2D eigenvalue weighted by Crippen LogP contribution is 2.34. The van der Waals surface area contributed by atoms with Gasteiger partial charge in [0.15, 0.2) is 0 Å². The minimum atomic E-state index is -0.496. The van der Waals surface area contributed by atoms with Gasteiger partial charge >= 0.3 is 0 Å². The van der Waals surface area contributed by atoms with Crippen LogP contribution in [0.3, 0.4) is 0 Å². The summed E-state index contributed by atoms with van der Waals surface area (Å²) < 4.78 is 6.23. The van der Waals surface area contributed by atoms with Crippen LogP contribution < -0.4 is 4.74 Å². The van der Waals surface area contributed by atoms with Crippen molar-refractivity contribution in [1.82, 2.24) is 9.80 Å². The number of carbonyl (C=O) groups is 1. The van der Waals surface area contributed by atoms with Gasteiger partial charge in [0.05, 0.1) is 18.7 Å². The summed E-state index contributed by atoms with van der Waals surface area (Å²) in [4.78, 5) is 18.7. The molecule has 33 heavy (non-hydrogen) atoms. The van der Waals surface area contributed by atoms with Crippen molar-refractivity contribution in [2.45, 2.75) is 45.3 Å². The number of carbonyl (C=O) groups excluding carboxylic acids is 1. The van der Waals surface area contributed by atoms with Gasteiger partial charge in [-0.25, -0.2) is 0 Å². The van der Waals surface area contributed by atoms with Crippen LogP contribution in [-0.2, 0) is 11.2 Å². The summed E-state index contributed by atoms with van der Waals surface area (Å²) in [6.45, 7) is 14.0. The predicted molar refractivity (Wildman–Crippen MR) is 136 cm³/mol. The van der Waals surface area contributed by atoms with E-state index in [9.17, 15) is 9.90 Å². The van der Waals surface area contributed by atoms with Crippen LogP contribution in [-0.4, -0.2) is 59.7 Å². The van der Waals surface area contributed by atoms with E-state index in [2.05, 4.69) is 37.6 Å². The average Bonchev–Trinajstić information content (AvgIpc) is 3.26. The number of amides is 1. The molecule has 2 aromatic rings. The summed E-state index contributed by atoms with van der Waals surface area (Å²) in [6, 6.07) is 8.16. The van der Waals surface area contributed by atoms with Crippen LogP contribution in [0, 0.1) is 13.8 Å². The largest absolute Gasteiger partial charge is 0.491 e. The molecule has 5 nitrogen and oxygen atoms in total. The maximum atomic E-state index is 13.4. The lowest BCUT2D eigenvalue weighted by molar-refractivity contribution is -0.136. The van der Waals surface area contributed by atoms with Crippen LogP contribution in [0.25, 0.3) is 0 Å². The first-order chi connectivity index (χ1) is 15.9. The number of rotatable bonds is 12. The van der Waals surface area contributed by atoms with E-state index in [0.29, 0.717) is 32.7 Å². The zero-order valence-electron chi connectivity index (χ0n) is 19.8. The van der Waals surface area contributed by atoms with Gasteiger partial charge in [0, 0.05) is 24.5 Å². The van der Waals surface area contributed by atoms with Gasteiger partial charge in [-0.2, -0.15) is 0 Å². The van der Waals surface area contributed by atoms with E-state index < -0.39 is 6.10 Å². The van der Waals surface area contributed by atoms with E-state index >= 15 is 0 Å². The Morgan fingerprint density at radius 3 is 2.88 bits per heavy atom. The highest BCUT2D eigenvalue weighted by atomic mass is 32.1. The molecule has 3 rings (SSSR count). The Morgan fingerprint density at radius 2 is 2.15 bits per heavy atom. The van der Waals surface area contributed by atoms with Crippen LogP contribution >= 0.6 is 11.3 Å². The molecule has 1 aromatic heterocycles. The fourth-order valence-electron chi connectivity index (χ4n) is 4.37. The monoisotopic (exact) mass is 468 g/mol. The maximum Gasteiger partial charge on any atom is 0.237 e. The van der Waals surface area contributed by atoms with Gasteiger partial charge in [-0.3, -0.25) is 9.69 Å². The molecular formula is C27H36N2O3S. The molecule has 1 aromatic carbocycles. The van der Waals surface area contributed by atoms with Gasteiger partial charge in [0.1, 0.15) is 12.4 Å². The van der Waals surface area contributed by atoms with Gasteiger partial charge < -0.3 is 14.7 Å². The molecule has 0 saturated carbocycles. The van der Waals surface area contributed by atoms with Gasteiger partial charge in [-0.15, -0.1) is 24.5 Å². The molecule has 0 bridgehead atoms. The molecule has 0 unspecified atom stereocenters. The highest BCUT2D eigenvalue weighted by molar-refractivity contribution is 7.10. The summed E-state index contributed by atoms with van der Waals surface area (Å²) in [5.74, 6) is 0.910. The number of hydrogen-bond acceptors (Lipinski definition) is 5. The summed E-state index contributed by atoms with van der Waals surface area (Å²) in [6.07, 6.45) is 5.34. The van der Waals surface area contributed by atoms with Crippen molar-refractivity contribution >= 4 is 17.2 Å². The maximum absolute atomic E-state index is 13.4. The molecule has 2 heterocycles.